The molecule has 0 aromatic heterocycles. The van der Waals surface area contributed by atoms with Crippen molar-refractivity contribution in [3.05, 3.63) is 71.8 Å². The van der Waals surface area contributed by atoms with E-state index in [1.54, 1.807) is 0 Å². The summed E-state index contributed by atoms with van der Waals surface area (Å²) in [6, 6.07) is 18.4. The summed E-state index contributed by atoms with van der Waals surface area (Å²) in [7, 11) is 0. The van der Waals surface area contributed by atoms with E-state index in [1.807, 2.05) is 60.7 Å². The molecule has 0 saturated heterocycles. The van der Waals surface area contributed by atoms with Crippen molar-refractivity contribution < 1.29 is 24.3 Å². The lowest BCUT2D eigenvalue weighted by Gasteiger charge is -2.31. The lowest BCUT2D eigenvalue weighted by Crippen LogP contribution is -2.46. The van der Waals surface area contributed by atoms with Gasteiger partial charge in [0, 0.05) is 0 Å². The van der Waals surface area contributed by atoms with Crippen molar-refractivity contribution in [1.82, 2.24) is 5.06 Å². The van der Waals surface area contributed by atoms with E-state index in [-0.39, 0.29) is 13.2 Å². The second kappa shape index (κ2) is 13.5. The van der Waals surface area contributed by atoms with Crippen LogP contribution < -0.4 is 0 Å². The van der Waals surface area contributed by atoms with Gasteiger partial charge in [-0.25, -0.2) is 5.06 Å². The number of rotatable bonds is 15. The number of carboxylic acids is 1. The third-order valence-electron chi connectivity index (χ3n) is 4.95. The average Bonchev–Trinajstić information content (AvgIpc) is 2.77. The number of ether oxygens (including phenoxy) is 1. The molecule has 0 fully saturated rings. The van der Waals surface area contributed by atoms with Crippen LogP contribution in [0.3, 0.4) is 0 Å². The first kappa shape index (κ1) is 23.6. The Morgan fingerprint density at radius 1 is 1.00 bits per heavy atom. The first-order chi connectivity index (χ1) is 14.7. The molecule has 0 saturated carbocycles. The number of hydrogen-bond donors (Lipinski definition) is 1. The molecule has 1 unspecified atom stereocenters. The molecule has 0 aliphatic rings. The van der Waals surface area contributed by atoms with E-state index in [4.69, 9.17) is 9.57 Å². The summed E-state index contributed by atoms with van der Waals surface area (Å²) in [6.07, 6.45) is 3.71. The maximum Gasteiger partial charge on any atom is 0.308 e. The number of unbranched alkanes of at least 4 members (excludes halogenated alkanes) is 2. The Bertz CT molecular complexity index is 738. The minimum absolute atomic E-state index is 0.0749. The van der Waals surface area contributed by atoms with Gasteiger partial charge in [-0.2, -0.15) is 0 Å². The molecule has 6 heteroatoms. The Labute approximate surface area is 178 Å². The predicted octanol–water partition coefficient (Wildman–Crippen LogP) is 4.44. The predicted molar refractivity (Wildman–Crippen MR) is 114 cm³/mol. The maximum absolute atomic E-state index is 12.0. The maximum atomic E-state index is 12.0. The van der Waals surface area contributed by atoms with Gasteiger partial charge in [-0.3, -0.25) is 14.4 Å². The molecular weight excluding hydrogens is 382 g/mol. The zero-order valence-corrected chi connectivity index (χ0v) is 17.5. The molecule has 0 radical (unpaired) electrons. The van der Waals surface area contributed by atoms with Crippen LogP contribution >= 0.6 is 0 Å². The Morgan fingerprint density at radius 2 is 1.60 bits per heavy atom. The van der Waals surface area contributed by atoms with Gasteiger partial charge < -0.3 is 9.84 Å². The van der Waals surface area contributed by atoms with Crippen LogP contribution in [0, 0.1) is 5.92 Å². The minimum Gasteiger partial charge on any atom is -0.481 e. The molecule has 0 bridgehead atoms. The van der Waals surface area contributed by atoms with Gasteiger partial charge in [0.25, 0.3) is 0 Å². The van der Waals surface area contributed by atoms with Crippen molar-refractivity contribution >= 4 is 12.4 Å². The summed E-state index contributed by atoms with van der Waals surface area (Å²) in [5.41, 5.74) is 1.88. The fraction of sp³-hybridized carbons (Fsp3) is 0.417. The summed E-state index contributed by atoms with van der Waals surface area (Å²) in [5, 5.41) is 10.9. The zero-order valence-electron chi connectivity index (χ0n) is 17.5. The quantitative estimate of drug-likeness (QED) is 0.265. The largest absolute Gasteiger partial charge is 0.481 e. The van der Waals surface area contributed by atoms with Crippen LogP contribution in [0.2, 0.25) is 0 Å². The first-order valence-corrected chi connectivity index (χ1v) is 10.4. The second-order valence-electron chi connectivity index (χ2n) is 7.23. The third-order valence-corrected chi connectivity index (χ3v) is 4.95. The number of nitrogens with zero attached hydrogens (tertiary/aromatic N) is 1. The fourth-order valence-corrected chi connectivity index (χ4v) is 3.26. The molecule has 0 aliphatic carbocycles. The van der Waals surface area contributed by atoms with Gasteiger partial charge in [0.15, 0.2) is 0 Å². The van der Waals surface area contributed by atoms with Gasteiger partial charge >= 0.3 is 5.97 Å². The Morgan fingerprint density at radius 3 is 2.13 bits per heavy atom. The molecule has 0 aliphatic heterocycles. The highest BCUT2D eigenvalue weighted by atomic mass is 16.7. The normalized spacial score (nSPS) is 12.8. The lowest BCUT2D eigenvalue weighted by atomic mass is 9.93. The summed E-state index contributed by atoms with van der Waals surface area (Å²) in [5.74, 6) is -1.72. The highest BCUT2D eigenvalue weighted by Gasteiger charge is 2.33. The van der Waals surface area contributed by atoms with Gasteiger partial charge in [-0.15, -0.1) is 0 Å². The van der Waals surface area contributed by atoms with Crippen molar-refractivity contribution in [1.29, 1.82) is 0 Å². The van der Waals surface area contributed by atoms with Gasteiger partial charge in [-0.1, -0.05) is 86.8 Å². The van der Waals surface area contributed by atoms with Gasteiger partial charge in [0.05, 0.1) is 25.2 Å². The van der Waals surface area contributed by atoms with E-state index in [2.05, 4.69) is 6.92 Å². The SMILES string of the molecule is CCCCCC(C(=O)O)[C@@H](COCc1ccccc1)N(C=O)OCc1ccccc1. The zero-order chi connectivity index (χ0) is 21.6. The van der Waals surface area contributed by atoms with Gasteiger partial charge in [-0.05, 0) is 17.5 Å². The summed E-state index contributed by atoms with van der Waals surface area (Å²) in [4.78, 5) is 29.5. The number of aliphatic carboxylic acids is 1. The lowest BCUT2D eigenvalue weighted by molar-refractivity contribution is -0.209. The van der Waals surface area contributed by atoms with Crippen molar-refractivity contribution in [3.8, 4) is 0 Å². The fourth-order valence-electron chi connectivity index (χ4n) is 3.26. The van der Waals surface area contributed by atoms with Crippen LogP contribution in [-0.2, 0) is 32.4 Å². The average molecular weight is 414 g/mol. The van der Waals surface area contributed by atoms with Crippen molar-refractivity contribution in [2.75, 3.05) is 6.61 Å². The topological polar surface area (TPSA) is 76.1 Å². The van der Waals surface area contributed by atoms with Crippen LogP contribution in [0.1, 0.15) is 43.7 Å². The van der Waals surface area contributed by atoms with Gasteiger partial charge in [0.1, 0.15) is 6.61 Å². The number of carboxylic acid groups (broad SMARTS) is 1. The van der Waals surface area contributed by atoms with Crippen LogP contribution in [0.15, 0.2) is 60.7 Å². The first-order valence-electron chi connectivity index (χ1n) is 10.4. The molecule has 6 nitrogen and oxygen atoms in total. The molecule has 0 heterocycles. The van der Waals surface area contributed by atoms with Crippen LogP contribution in [0.5, 0.6) is 0 Å². The molecule has 1 N–H and O–H groups in total. The molecule has 0 spiro atoms. The molecule has 30 heavy (non-hydrogen) atoms. The van der Waals surface area contributed by atoms with E-state index in [0.29, 0.717) is 19.4 Å². The molecule has 2 aromatic rings. The molecule has 162 valence electrons. The number of benzene rings is 2. The van der Waals surface area contributed by atoms with Crippen molar-refractivity contribution in [2.24, 2.45) is 5.92 Å². The smallest absolute Gasteiger partial charge is 0.308 e. The van der Waals surface area contributed by atoms with E-state index >= 15 is 0 Å². The van der Waals surface area contributed by atoms with Crippen molar-refractivity contribution in [3.63, 3.8) is 0 Å². The van der Waals surface area contributed by atoms with E-state index in [9.17, 15) is 14.7 Å². The molecule has 2 rings (SSSR count). The Balaban J connectivity index is 2.09. The standard InChI is InChI=1S/C24H31NO5/c1-2-3-6-15-22(24(27)28)23(18-29-16-20-11-7-4-8-12-20)25(19-26)30-17-21-13-9-5-10-14-21/h4-5,7-14,19,22-23H,2-3,6,15-18H2,1H3,(H,27,28)/t22?,23-/m1/s1. The number of carbonyl (C=O) groups is 2. The number of hydrogen-bond acceptors (Lipinski definition) is 4. The van der Waals surface area contributed by atoms with Crippen LogP contribution in [0.4, 0.5) is 0 Å². The highest BCUT2D eigenvalue weighted by molar-refractivity contribution is 5.71. The van der Waals surface area contributed by atoms with Crippen molar-refractivity contribution in [2.45, 2.75) is 51.9 Å². The molecule has 2 aromatic carbocycles. The number of amides is 1. The number of hydroxylamine groups is 2. The monoisotopic (exact) mass is 413 g/mol. The third kappa shape index (κ3) is 7.97. The van der Waals surface area contributed by atoms with Gasteiger partial charge in [0.2, 0.25) is 6.41 Å². The minimum atomic E-state index is -0.949. The Kier molecular flexibility index (Phi) is 10.6. The van der Waals surface area contributed by atoms with Crippen LogP contribution in [0.25, 0.3) is 0 Å². The summed E-state index contributed by atoms with van der Waals surface area (Å²) in [6.45, 7) is 2.66. The molecular formula is C24H31NO5. The summed E-state index contributed by atoms with van der Waals surface area (Å²) >= 11 is 0. The summed E-state index contributed by atoms with van der Waals surface area (Å²) < 4.78 is 5.81. The molecule has 2 atom stereocenters. The Hall–Kier alpha value is -2.70. The highest BCUT2D eigenvalue weighted by Crippen LogP contribution is 2.21. The van der Waals surface area contributed by atoms with Crippen LogP contribution in [-0.4, -0.2) is 35.2 Å². The van der Waals surface area contributed by atoms with E-state index < -0.39 is 17.9 Å². The van der Waals surface area contributed by atoms with E-state index in [1.165, 1.54) is 0 Å². The second-order valence-corrected chi connectivity index (χ2v) is 7.23. The number of carbonyl (C=O) groups excluding carboxylic acids is 1. The van der Waals surface area contributed by atoms with E-state index in [0.717, 1.165) is 35.5 Å². The molecule has 1 amide bonds.